The molecule has 5 N–H and O–H groups in total. The molecule has 0 spiro atoms. The number of hydrogen-bond donors (Lipinski definition) is 4. The van der Waals surface area contributed by atoms with E-state index in [1.54, 1.807) is 31.7 Å². The zero-order chi connectivity index (χ0) is 23.7. The largest absolute Gasteiger partial charge is 0.386 e. The monoisotopic (exact) mass is 470 g/mol. The van der Waals surface area contributed by atoms with Crippen LogP contribution < -0.4 is 21.3 Å². The predicted molar refractivity (Wildman–Crippen MR) is 133 cm³/mol. The number of fused-ring (bicyclic) bond motifs is 6. The summed E-state index contributed by atoms with van der Waals surface area (Å²) < 4.78 is 14.5. The Morgan fingerprint density at radius 2 is 2.00 bits per heavy atom. The van der Waals surface area contributed by atoms with Gasteiger partial charge in [0.1, 0.15) is 22.8 Å². The molecule has 176 valence electrons. The Balaban J connectivity index is 1.40. The highest BCUT2D eigenvalue weighted by molar-refractivity contribution is 6.15. The summed E-state index contributed by atoms with van der Waals surface area (Å²) in [7, 11) is 1.77. The molecule has 2 bridgehead atoms. The molecular weight excluding hydrogens is 447 g/mol. The van der Waals surface area contributed by atoms with Crippen molar-refractivity contribution in [2.24, 2.45) is 11.7 Å². The van der Waals surface area contributed by atoms with E-state index in [0.717, 1.165) is 41.5 Å². The van der Waals surface area contributed by atoms with Gasteiger partial charge >= 0.3 is 0 Å². The lowest BCUT2D eigenvalue weighted by molar-refractivity contribution is 0.471. The summed E-state index contributed by atoms with van der Waals surface area (Å²) in [5, 5.41) is 7.92. The Morgan fingerprint density at radius 1 is 1.11 bits per heavy atom. The fraction of sp³-hybridized carbons (Fsp3) is 0.292. The summed E-state index contributed by atoms with van der Waals surface area (Å²) >= 11 is 0. The van der Waals surface area contributed by atoms with Crippen LogP contribution in [0.15, 0.2) is 36.8 Å². The van der Waals surface area contributed by atoms with E-state index >= 15 is 0 Å². The van der Waals surface area contributed by atoms with E-state index in [1.165, 1.54) is 6.07 Å². The number of nitrogens with one attached hydrogen (secondary N) is 3. The van der Waals surface area contributed by atoms with Crippen molar-refractivity contribution in [3.63, 3.8) is 0 Å². The molecule has 7 rings (SSSR count). The Morgan fingerprint density at radius 3 is 2.80 bits per heavy atom. The van der Waals surface area contributed by atoms with Crippen LogP contribution in [0.2, 0.25) is 0 Å². The molecule has 5 aromatic rings. The molecular formula is C24H23FN10. The summed E-state index contributed by atoms with van der Waals surface area (Å²) in [5.74, 6) is 1.32. The van der Waals surface area contributed by atoms with Crippen molar-refractivity contribution in [1.82, 2.24) is 29.9 Å². The average Bonchev–Trinajstić information content (AvgIpc) is 3.55. The number of hydrogen-bond acceptors (Lipinski definition) is 9. The number of halogens is 1. The van der Waals surface area contributed by atoms with Gasteiger partial charge in [0.15, 0.2) is 5.65 Å². The lowest BCUT2D eigenvalue weighted by Crippen LogP contribution is -2.41. The third kappa shape index (κ3) is 3.15. The summed E-state index contributed by atoms with van der Waals surface area (Å²) in [6.45, 7) is 0.825. The summed E-state index contributed by atoms with van der Waals surface area (Å²) in [5.41, 5.74) is 10.4. The van der Waals surface area contributed by atoms with Crippen molar-refractivity contribution in [2.75, 3.05) is 29.1 Å². The van der Waals surface area contributed by atoms with Crippen LogP contribution in [0.1, 0.15) is 12.8 Å². The van der Waals surface area contributed by atoms with Crippen LogP contribution in [-0.2, 0) is 0 Å². The van der Waals surface area contributed by atoms with Crippen molar-refractivity contribution in [1.29, 1.82) is 0 Å². The average molecular weight is 471 g/mol. The van der Waals surface area contributed by atoms with Gasteiger partial charge in [0.05, 0.1) is 28.5 Å². The lowest BCUT2D eigenvalue weighted by atomic mass is 10.0. The molecule has 2 fully saturated rings. The summed E-state index contributed by atoms with van der Waals surface area (Å²) in [6.07, 6.45) is 6.89. The van der Waals surface area contributed by atoms with Gasteiger partial charge < -0.3 is 26.3 Å². The normalized spacial score (nSPS) is 21.5. The van der Waals surface area contributed by atoms with Crippen LogP contribution in [0.4, 0.5) is 27.5 Å². The van der Waals surface area contributed by atoms with Gasteiger partial charge in [-0.2, -0.15) is 9.97 Å². The minimum atomic E-state index is -0.316. The number of anilines is 4. The number of rotatable bonds is 4. The van der Waals surface area contributed by atoms with Crippen LogP contribution in [0.25, 0.3) is 33.1 Å². The van der Waals surface area contributed by atoms with Gasteiger partial charge in [-0.15, -0.1) is 0 Å². The molecule has 1 aliphatic heterocycles. The molecule has 1 saturated carbocycles. The number of H-pyrrole nitrogens is 1. The van der Waals surface area contributed by atoms with Gasteiger partial charge in [-0.1, -0.05) is 0 Å². The molecule has 10 nitrogen and oxygen atoms in total. The van der Waals surface area contributed by atoms with Gasteiger partial charge in [-0.25, -0.2) is 14.4 Å². The second-order valence-electron chi connectivity index (χ2n) is 9.29. The van der Waals surface area contributed by atoms with Crippen LogP contribution in [-0.4, -0.2) is 55.6 Å². The zero-order valence-electron chi connectivity index (χ0n) is 19.0. The molecule has 4 aromatic heterocycles. The third-order valence-corrected chi connectivity index (χ3v) is 7.22. The van der Waals surface area contributed by atoms with Crippen molar-refractivity contribution in [2.45, 2.75) is 24.9 Å². The standard InChI is InChI=1S/C24H23FN10/c1-27-17-6-12(25)5-15-19-22(32-20(15)17)33-24(31-13-7-18-21(30-9-13)29-3-2-28-18)34-23(19)35-10-11-4-14(35)8-16(11)26/h2-3,5-7,9,11,14,16,27H,4,8,10,26H2,1H3,(H2,31,32,33,34). The van der Waals surface area contributed by atoms with E-state index in [9.17, 15) is 4.39 Å². The number of benzene rings is 1. The van der Waals surface area contributed by atoms with E-state index in [1.807, 2.05) is 6.07 Å². The summed E-state index contributed by atoms with van der Waals surface area (Å²) in [4.78, 5) is 28.3. The molecule has 5 heterocycles. The number of pyridine rings is 1. The van der Waals surface area contributed by atoms with Crippen molar-refractivity contribution in [3.05, 3.63) is 42.6 Å². The predicted octanol–water partition coefficient (Wildman–Crippen LogP) is 3.30. The SMILES string of the molecule is CNc1cc(F)cc2c1[nH]c1nc(Nc3cnc4nccnc4c3)nc(N3CC4CC3CC4N)c12. The smallest absolute Gasteiger partial charge is 0.231 e. The van der Waals surface area contributed by atoms with E-state index in [2.05, 4.69) is 35.5 Å². The molecule has 11 heteroatoms. The van der Waals surface area contributed by atoms with Gasteiger partial charge in [-0.3, -0.25) is 4.98 Å². The molecule has 1 saturated heterocycles. The lowest BCUT2D eigenvalue weighted by Gasteiger charge is -2.31. The van der Waals surface area contributed by atoms with Crippen LogP contribution in [0.5, 0.6) is 0 Å². The molecule has 1 aliphatic carbocycles. The molecule has 2 aliphatic rings. The van der Waals surface area contributed by atoms with Gasteiger partial charge in [-0.05, 0) is 37.0 Å². The van der Waals surface area contributed by atoms with E-state index in [4.69, 9.17) is 15.7 Å². The number of nitrogens with two attached hydrogens (primary N) is 1. The minimum absolute atomic E-state index is 0.215. The van der Waals surface area contributed by atoms with Crippen molar-refractivity contribution in [3.8, 4) is 0 Å². The fourth-order valence-electron chi connectivity index (χ4n) is 5.61. The Labute approximate surface area is 199 Å². The molecule has 3 atom stereocenters. The van der Waals surface area contributed by atoms with Crippen LogP contribution >= 0.6 is 0 Å². The maximum absolute atomic E-state index is 14.5. The highest BCUT2D eigenvalue weighted by atomic mass is 19.1. The van der Waals surface area contributed by atoms with Gasteiger partial charge in [0.25, 0.3) is 0 Å². The third-order valence-electron chi connectivity index (χ3n) is 7.22. The molecule has 0 radical (unpaired) electrons. The molecule has 0 amide bonds. The molecule has 1 aromatic carbocycles. The second kappa shape index (κ2) is 7.44. The maximum Gasteiger partial charge on any atom is 0.231 e. The van der Waals surface area contributed by atoms with Gasteiger partial charge in [0.2, 0.25) is 5.95 Å². The second-order valence-corrected chi connectivity index (χ2v) is 9.29. The Kier molecular flexibility index (Phi) is 4.31. The number of nitrogens with zero attached hydrogens (tertiary/aromatic N) is 6. The van der Waals surface area contributed by atoms with E-state index in [0.29, 0.717) is 46.1 Å². The quantitative estimate of drug-likeness (QED) is 0.312. The first-order valence-corrected chi connectivity index (χ1v) is 11.6. The maximum atomic E-state index is 14.5. The number of aromatic nitrogens is 6. The topological polar surface area (TPSA) is 134 Å². The Hall–Kier alpha value is -4.12. The zero-order valence-corrected chi connectivity index (χ0v) is 19.0. The number of piperidine rings is 1. The molecule has 3 unspecified atom stereocenters. The first-order valence-electron chi connectivity index (χ1n) is 11.6. The highest BCUT2D eigenvalue weighted by Gasteiger charge is 2.44. The van der Waals surface area contributed by atoms with Crippen molar-refractivity contribution < 1.29 is 4.39 Å². The number of aromatic amines is 1. The van der Waals surface area contributed by atoms with Crippen molar-refractivity contribution >= 4 is 56.2 Å². The van der Waals surface area contributed by atoms with E-state index in [-0.39, 0.29) is 11.9 Å². The van der Waals surface area contributed by atoms with Crippen LogP contribution in [0.3, 0.4) is 0 Å². The van der Waals surface area contributed by atoms with E-state index < -0.39 is 0 Å². The minimum Gasteiger partial charge on any atom is -0.386 e. The Bertz CT molecular complexity index is 1610. The first-order chi connectivity index (χ1) is 17.1. The summed E-state index contributed by atoms with van der Waals surface area (Å²) in [6, 6.07) is 5.40. The fourth-order valence-corrected chi connectivity index (χ4v) is 5.61. The molecule has 35 heavy (non-hydrogen) atoms. The van der Waals surface area contributed by atoms with Crippen LogP contribution in [0, 0.1) is 11.7 Å². The van der Waals surface area contributed by atoms with Gasteiger partial charge in [0, 0.05) is 43.5 Å². The first kappa shape index (κ1) is 20.3. The highest BCUT2D eigenvalue weighted by Crippen LogP contribution is 2.43.